The summed E-state index contributed by atoms with van der Waals surface area (Å²) in [5.74, 6) is 5.83. The fourth-order valence-corrected chi connectivity index (χ4v) is 4.60. The molecule has 10 heteroatoms. The van der Waals surface area contributed by atoms with E-state index in [0.717, 1.165) is 12.8 Å². The Balaban J connectivity index is 3.83. The molecule has 0 fully saturated rings. The highest BCUT2D eigenvalue weighted by Gasteiger charge is 2.14. The fraction of sp³-hybridized carbons (Fsp3) is 0.810. The first-order valence-corrected chi connectivity index (χ1v) is 12.9. The van der Waals surface area contributed by atoms with Crippen molar-refractivity contribution in [3.63, 3.8) is 0 Å². The first-order valence-electron chi connectivity index (χ1n) is 10.6. The van der Waals surface area contributed by atoms with Crippen molar-refractivity contribution in [3.05, 3.63) is 0 Å². The van der Waals surface area contributed by atoms with Crippen molar-refractivity contribution in [2.75, 3.05) is 53.2 Å². The Hall–Kier alpha value is -0.960. The maximum absolute atomic E-state index is 11.6. The zero-order chi connectivity index (χ0) is 23.3. The topological polar surface area (TPSA) is 95.1 Å². The van der Waals surface area contributed by atoms with E-state index in [0.29, 0.717) is 38.9 Å². The number of hydrogen-bond acceptors (Lipinski definition) is 8. The molecule has 0 bridgehead atoms. The third-order valence-corrected chi connectivity index (χ3v) is 6.61. The van der Waals surface area contributed by atoms with Gasteiger partial charge in [-0.1, -0.05) is 61.1 Å². The molecule has 0 aliphatic rings. The lowest BCUT2D eigenvalue weighted by Gasteiger charge is -2.19. The van der Waals surface area contributed by atoms with Crippen LogP contribution in [0.1, 0.15) is 40.5 Å². The highest BCUT2D eigenvalue weighted by Crippen LogP contribution is 2.35. The van der Waals surface area contributed by atoms with Crippen molar-refractivity contribution in [3.8, 4) is 11.8 Å². The molecule has 0 aliphatic carbocycles. The standard InChI is InChI=1S/C21H38N2O6S2/c1-6-20(28-13-11-26-15-18(24)22-5)30-31-21(7-2)29-14-12-27-16-19(25)23-10-8-9-17(3)4/h17,20-21H,6-7,10-16H2,1-5H3,(H,22,24)(H,23,25). The Kier molecular flexibility index (Phi) is 20.3. The van der Waals surface area contributed by atoms with Gasteiger partial charge in [0.15, 0.2) is 0 Å². The SMILES string of the molecule is CCC(OCCOCC(=O)NC)SSC(CC)OCCOCC(=O)NCC#CC(C)C. The van der Waals surface area contributed by atoms with E-state index in [2.05, 4.69) is 36.3 Å². The van der Waals surface area contributed by atoms with Crippen LogP contribution in [0.15, 0.2) is 0 Å². The molecule has 2 atom stereocenters. The molecule has 0 radical (unpaired) electrons. The first kappa shape index (κ1) is 30.0. The predicted molar refractivity (Wildman–Crippen MR) is 127 cm³/mol. The highest BCUT2D eigenvalue weighted by atomic mass is 33.1. The van der Waals surface area contributed by atoms with E-state index < -0.39 is 0 Å². The van der Waals surface area contributed by atoms with Crippen LogP contribution in [0, 0.1) is 17.8 Å². The van der Waals surface area contributed by atoms with Crippen LogP contribution in [-0.4, -0.2) is 75.9 Å². The summed E-state index contributed by atoms with van der Waals surface area (Å²) in [6, 6.07) is 0. The van der Waals surface area contributed by atoms with E-state index >= 15 is 0 Å². The summed E-state index contributed by atoms with van der Waals surface area (Å²) in [4.78, 5) is 22.7. The first-order chi connectivity index (χ1) is 14.9. The summed E-state index contributed by atoms with van der Waals surface area (Å²) in [6.45, 7) is 10.1. The molecule has 0 aromatic heterocycles. The second kappa shape index (κ2) is 20.9. The minimum atomic E-state index is -0.183. The lowest BCUT2D eigenvalue weighted by Crippen LogP contribution is -2.28. The van der Waals surface area contributed by atoms with Crippen LogP contribution < -0.4 is 10.6 Å². The summed E-state index contributed by atoms with van der Waals surface area (Å²) in [5, 5.41) is 5.19. The third kappa shape index (κ3) is 19.5. The Labute approximate surface area is 195 Å². The van der Waals surface area contributed by atoms with E-state index in [-0.39, 0.29) is 35.9 Å². The monoisotopic (exact) mass is 478 g/mol. The second-order valence-electron chi connectivity index (χ2n) is 6.64. The van der Waals surface area contributed by atoms with Gasteiger partial charge in [-0.3, -0.25) is 9.59 Å². The Morgan fingerprint density at radius 1 is 0.871 bits per heavy atom. The molecule has 0 spiro atoms. The largest absolute Gasteiger partial charge is 0.369 e. The number of hydrogen-bond donors (Lipinski definition) is 2. The molecule has 0 heterocycles. The molecule has 0 aromatic rings. The number of ether oxygens (including phenoxy) is 4. The minimum absolute atomic E-state index is 0.000855. The van der Waals surface area contributed by atoms with Crippen LogP contribution >= 0.6 is 21.6 Å². The number of carbonyl (C=O) groups is 2. The van der Waals surface area contributed by atoms with Crippen LogP contribution in [-0.2, 0) is 28.5 Å². The average molecular weight is 479 g/mol. The molecule has 2 N–H and O–H groups in total. The van der Waals surface area contributed by atoms with E-state index in [1.807, 2.05) is 13.8 Å². The average Bonchev–Trinajstić information content (AvgIpc) is 2.76. The van der Waals surface area contributed by atoms with E-state index in [1.54, 1.807) is 28.6 Å². The van der Waals surface area contributed by atoms with Gasteiger partial charge in [0.2, 0.25) is 11.8 Å². The van der Waals surface area contributed by atoms with Crippen molar-refractivity contribution in [1.29, 1.82) is 0 Å². The number of carbonyl (C=O) groups excluding carboxylic acids is 2. The van der Waals surface area contributed by atoms with Crippen LogP contribution in [0.2, 0.25) is 0 Å². The van der Waals surface area contributed by atoms with Crippen molar-refractivity contribution >= 4 is 33.4 Å². The smallest absolute Gasteiger partial charge is 0.246 e. The van der Waals surface area contributed by atoms with Crippen LogP contribution in [0.3, 0.4) is 0 Å². The highest BCUT2D eigenvalue weighted by molar-refractivity contribution is 8.77. The van der Waals surface area contributed by atoms with Crippen molar-refractivity contribution in [2.45, 2.75) is 51.4 Å². The maximum atomic E-state index is 11.6. The zero-order valence-electron chi connectivity index (χ0n) is 19.4. The number of rotatable bonds is 18. The summed E-state index contributed by atoms with van der Waals surface area (Å²) in [6.07, 6.45) is 1.70. The van der Waals surface area contributed by atoms with E-state index in [9.17, 15) is 9.59 Å². The molecule has 180 valence electrons. The second-order valence-corrected chi connectivity index (χ2v) is 9.23. The summed E-state index contributed by atoms with van der Waals surface area (Å²) >= 11 is 0. The summed E-state index contributed by atoms with van der Waals surface area (Å²) in [5.41, 5.74) is 0.0286. The summed E-state index contributed by atoms with van der Waals surface area (Å²) < 4.78 is 22.2. The Bertz CT molecular complexity index is 540. The fourth-order valence-electron chi connectivity index (χ4n) is 1.88. The molecule has 0 saturated heterocycles. The molecule has 31 heavy (non-hydrogen) atoms. The van der Waals surface area contributed by atoms with Crippen LogP contribution in [0.5, 0.6) is 0 Å². The van der Waals surface area contributed by atoms with Gasteiger partial charge in [0.05, 0.1) is 33.0 Å². The molecular weight excluding hydrogens is 440 g/mol. The number of likely N-dealkylation sites (N-methyl/N-ethyl adjacent to an activating group) is 1. The van der Waals surface area contributed by atoms with E-state index in [1.165, 1.54) is 0 Å². The summed E-state index contributed by atoms with van der Waals surface area (Å²) in [7, 11) is 4.82. The van der Waals surface area contributed by atoms with Crippen molar-refractivity contribution < 1.29 is 28.5 Å². The van der Waals surface area contributed by atoms with Gasteiger partial charge in [-0.05, 0) is 12.8 Å². The van der Waals surface area contributed by atoms with Gasteiger partial charge in [-0.25, -0.2) is 0 Å². The van der Waals surface area contributed by atoms with Gasteiger partial charge < -0.3 is 29.6 Å². The molecule has 0 aromatic carbocycles. The molecule has 0 saturated carbocycles. The van der Waals surface area contributed by atoms with Gasteiger partial charge in [0.1, 0.15) is 24.1 Å². The lowest BCUT2D eigenvalue weighted by molar-refractivity contribution is -0.126. The van der Waals surface area contributed by atoms with Crippen LogP contribution in [0.25, 0.3) is 0 Å². The molecule has 0 rings (SSSR count). The number of nitrogens with one attached hydrogen (secondary N) is 2. The van der Waals surface area contributed by atoms with Crippen LogP contribution in [0.4, 0.5) is 0 Å². The van der Waals surface area contributed by atoms with Crippen molar-refractivity contribution in [2.24, 2.45) is 5.92 Å². The molecule has 8 nitrogen and oxygen atoms in total. The van der Waals surface area contributed by atoms with Gasteiger partial charge in [-0.2, -0.15) is 0 Å². The molecule has 0 aliphatic heterocycles. The molecular formula is C21H38N2O6S2. The molecule has 2 amide bonds. The lowest BCUT2D eigenvalue weighted by atomic mass is 10.2. The predicted octanol–water partition coefficient (Wildman–Crippen LogP) is 2.43. The van der Waals surface area contributed by atoms with Gasteiger partial charge in [0.25, 0.3) is 0 Å². The maximum Gasteiger partial charge on any atom is 0.246 e. The number of amides is 2. The zero-order valence-corrected chi connectivity index (χ0v) is 21.0. The third-order valence-electron chi connectivity index (χ3n) is 3.51. The van der Waals surface area contributed by atoms with Gasteiger partial charge >= 0.3 is 0 Å². The van der Waals surface area contributed by atoms with Gasteiger partial charge in [0, 0.05) is 13.0 Å². The molecule has 2 unspecified atom stereocenters. The Morgan fingerprint density at radius 2 is 1.39 bits per heavy atom. The Morgan fingerprint density at radius 3 is 1.84 bits per heavy atom. The minimum Gasteiger partial charge on any atom is -0.369 e. The normalized spacial score (nSPS) is 12.7. The van der Waals surface area contributed by atoms with Gasteiger partial charge in [-0.15, -0.1) is 0 Å². The van der Waals surface area contributed by atoms with E-state index in [4.69, 9.17) is 18.9 Å². The quantitative estimate of drug-likeness (QED) is 0.134. The van der Waals surface area contributed by atoms with Crippen molar-refractivity contribution in [1.82, 2.24) is 10.6 Å².